The number of piperazine rings is 1. The Labute approximate surface area is 97.1 Å². The van der Waals surface area contributed by atoms with Gasteiger partial charge in [-0.3, -0.25) is 4.79 Å². The minimum atomic E-state index is -3.22. The fraction of sp³-hybridized carbons (Fsp3) is 0.900. The molecule has 0 spiro atoms. The molecule has 16 heavy (non-hydrogen) atoms. The van der Waals surface area contributed by atoms with Gasteiger partial charge < -0.3 is 10.2 Å². The van der Waals surface area contributed by atoms with E-state index in [0.717, 1.165) is 13.1 Å². The fourth-order valence-corrected chi connectivity index (χ4v) is 3.17. The van der Waals surface area contributed by atoms with Crippen molar-refractivity contribution in [2.75, 3.05) is 31.1 Å². The van der Waals surface area contributed by atoms with Gasteiger partial charge in [0.05, 0.1) is 5.75 Å². The van der Waals surface area contributed by atoms with Crippen LogP contribution in [-0.4, -0.2) is 56.4 Å². The third kappa shape index (κ3) is 3.75. The molecule has 1 saturated heterocycles. The SMILES string of the molecule is CCCS(=O)(=O)CC(=O)N1CCNC[C@@H]1C. The number of rotatable bonds is 4. The highest BCUT2D eigenvalue weighted by molar-refractivity contribution is 7.92. The molecule has 0 aromatic heterocycles. The van der Waals surface area contributed by atoms with Gasteiger partial charge in [0.15, 0.2) is 9.84 Å². The van der Waals surface area contributed by atoms with E-state index in [9.17, 15) is 13.2 Å². The molecule has 0 saturated carbocycles. The van der Waals surface area contributed by atoms with Crippen molar-refractivity contribution in [2.24, 2.45) is 0 Å². The Kier molecular flexibility index (Phi) is 4.73. The molecule has 1 heterocycles. The lowest BCUT2D eigenvalue weighted by atomic mass is 10.2. The van der Waals surface area contributed by atoms with Crippen molar-refractivity contribution in [1.29, 1.82) is 0 Å². The molecule has 0 unspecified atom stereocenters. The van der Waals surface area contributed by atoms with E-state index < -0.39 is 9.84 Å². The predicted octanol–water partition coefficient (Wildman–Crippen LogP) is -0.368. The second-order valence-corrected chi connectivity index (χ2v) is 6.42. The molecular formula is C10H20N2O3S. The minimum absolute atomic E-state index is 0.0816. The maximum absolute atomic E-state index is 11.8. The van der Waals surface area contributed by atoms with E-state index in [1.165, 1.54) is 0 Å². The lowest BCUT2D eigenvalue weighted by molar-refractivity contribution is -0.131. The molecule has 5 nitrogen and oxygen atoms in total. The molecule has 0 aliphatic carbocycles. The van der Waals surface area contributed by atoms with Crippen LogP contribution in [0, 0.1) is 0 Å². The first-order chi connectivity index (χ1) is 7.46. The molecule has 1 rings (SSSR count). The molecule has 0 aromatic rings. The topological polar surface area (TPSA) is 66.5 Å². The number of amides is 1. The lowest BCUT2D eigenvalue weighted by Gasteiger charge is -2.33. The Bertz CT molecular complexity index is 340. The summed E-state index contributed by atoms with van der Waals surface area (Å²) in [5, 5.41) is 3.16. The molecule has 0 aromatic carbocycles. The van der Waals surface area contributed by atoms with Crippen LogP contribution in [0.5, 0.6) is 0 Å². The highest BCUT2D eigenvalue weighted by atomic mass is 32.2. The number of hydrogen-bond donors (Lipinski definition) is 1. The summed E-state index contributed by atoms with van der Waals surface area (Å²) in [6.07, 6.45) is 0.562. The normalized spacial score (nSPS) is 22.1. The number of carbonyl (C=O) groups is 1. The molecule has 1 aliphatic rings. The molecule has 0 radical (unpaired) electrons. The van der Waals surface area contributed by atoms with E-state index in [2.05, 4.69) is 5.32 Å². The monoisotopic (exact) mass is 248 g/mol. The van der Waals surface area contributed by atoms with Crippen LogP contribution in [0.2, 0.25) is 0 Å². The van der Waals surface area contributed by atoms with Gasteiger partial charge >= 0.3 is 0 Å². The van der Waals surface area contributed by atoms with E-state index in [-0.39, 0.29) is 23.5 Å². The van der Waals surface area contributed by atoms with Crippen molar-refractivity contribution >= 4 is 15.7 Å². The fourth-order valence-electron chi connectivity index (χ4n) is 1.87. The molecule has 1 fully saturated rings. The smallest absolute Gasteiger partial charge is 0.238 e. The zero-order chi connectivity index (χ0) is 12.2. The van der Waals surface area contributed by atoms with Crippen LogP contribution in [0.3, 0.4) is 0 Å². The Morgan fingerprint density at radius 1 is 1.50 bits per heavy atom. The van der Waals surface area contributed by atoms with Gasteiger partial charge in [0.1, 0.15) is 5.75 Å². The first-order valence-corrected chi connectivity index (χ1v) is 7.49. The van der Waals surface area contributed by atoms with E-state index >= 15 is 0 Å². The zero-order valence-electron chi connectivity index (χ0n) is 9.90. The van der Waals surface area contributed by atoms with Crippen LogP contribution in [-0.2, 0) is 14.6 Å². The summed E-state index contributed by atoms with van der Waals surface area (Å²) in [5.41, 5.74) is 0. The van der Waals surface area contributed by atoms with Crippen molar-refractivity contribution in [3.05, 3.63) is 0 Å². The van der Waals surface area contributed by atoms with Crippen LogP contribution in [0.4, 0.5) is 0 Å². The number of carbonyl (C=O) groups excluding carboxylic acids is 1. The second kappa shape index (κ2) is 5.63. The maximum atomic E-state index is 11.8. The summed E-state index contributed by atoms with van der Waals surface area (Å²) in [6.45, 7) is 5.80. The van der Waals surface area contributed by atoms with E-state index in [4.69, 9.17) is 0 Å². The molecule has 0 bridgehead atoms. The van der Waals surface area contributed by atoms with Gasteiger partial charge in [-0.1, -0.05) is 6.92 Å². The summed E-state index contributed by atoms with van der Waals surface area (Å²) < 4.78 is 23.1. The van der Waals surface area contributed by atoms with E-state index in [1.807, 2.05) is 6.92 Å². The van der Waals surface area contributed by atoms with Gasteiger partial charge in [-0.25, -0.2) is 8.42 Å². The average Bonchev–Trinajstić information content (AvgIpc) is 2.17. The average molecular weight is 248 g/mol. The summed E-state index contributed by atoms with van der Waals surface area (Å²) in [4.78, 5) is 13.5. The third-order valence-electron chi connectivity index (χ3n) is 2.68. The van der Waals surface area contributed by atoms with Gasteiger partial charge in [0.25, 0.3) is 0 Å². The van der Waals surface area contributed by atoms with E-state index in [0.29, 0.717) is 13.0 Å². The zero-order valence-corrected chi connectivity index (χ0v) is 10.7. The number of nitrogens with one attached hydrogen (secondary N) is 1. The number of sulfone groups is 1. The Morgan fingerprint density at radius 2 is 2.19 bits per heavy atom. The summed E-state index contributed by atoms with van der Waals surface area (Å²) in [6, 6.07) is 0.0816. The molecule has 6 heteroatoms. The van der Waals surface area contributed by atoms with Crippen LogP contribution >= 0.6 is 0 Å². The standard InChI is InChI=1S/C10H20N2O3S/c1-3-6-16(14,15)8-10(13)12-5-4-11-7-9(12)2/h9,11H,3-8H2,1-2H3/t9-/m0/s1. The molecule has 1 atom stereocenters. The molecule has 1 amide bonds. The van der Waals surface area contributed by atoms with Gasteiger partial charge in [-0.15, -0.1) is 0 Å². The Hall–Kier alpha value is -0.620. The minimum Gasteiger partial charge on any atom is -0.337 e. The first-order valence-electron chi connectivity index (χ1n) is 5.67. The van der Waals surface area contributed by atoms with Crippen molar-refractivity contribution in [2.45, 2.75) is 26.3 Å². The third-order valence-corrected chi connectivity index (χ3v) is 4.40. The lowest BCUT2D eigenvalue weighted by Crippen LogP contribution is -2.53. The summed E-state index contributed by atoms with van der Waals surface area (Å²) in [7, 11) is -3.22. The summed E-state index contributed by atoms with van der Waals surface area (Å²) in [5.74, 6) is -0.507. The summed E-state index contributed by atoms with van der Waals surface area (Å²) >= 11 is 0. The molecule has 94 valence electrons. The maximum Gasteiger partial charge on any atom is 0.238 e. The molecule has 1 aliphatic heterocycles. The predicted molar refractivity (Wildman–Crippen MR) is 63.0 cm³/mol. The van der Waals surface area contributed by atoms with Crippen molar-refractivity contribution in [1.82, 2.24) is 10.2 Å². The van der Waals surface area contributed by atoms with Crippen molar-refractivity contribution in [3.63, 3.8) is 0 Å². The van der Waals surface area contributed by atoms with Crippen LogP contribution < -0.4 is 5.32 Å². The second-order valence-electron chi connectivity index (χ2n) is 4.23. The highest BCUT2D eigenvalue weighted by Gasteiger charge is 2.26. The molecule has 1 N–H and O–H groups in total. The van der Waals surface area contributed by atoms with Crippen molar-refractivity contribution < 1.29 is 13.2 Å². The van der Waals surface area contributed by atoms with Gasteiger partial charge in [0, 0.05) is 25.7 Å². The molecular weight excluding hydrogens is 228 g/mol. The number of nitrogens with zero attached hydrogens (tertiary/aromatic N) is 1. The largest absolute Gasteiger partial charge is 0.337 e. The van der Waals surface area contributed by atoms with Gasteiger partial charge in [0.2, 0.25) is 5.91 Å². The van der Waals surface area contributed by atoms with Crippen LogP contribution in [0.25, 0.3) is 0 Å². The first kappa shape index (κ1) is 13.4. The quantitative estimate of drug-likeness (QED) is 0.737. The number of hydrogen-bond acceptors (Lipinski definition) is 4. The Balaban J connectivity index is 2.57. The van der Waals surface area contributed by atoms with Gasteiger partial charge in [-0.2, -0.15) is 0 Å². The highest BCUT2D eigenvalue weighted by Crippen LogP contribution is 2.05. The van der Waals surface area contributed by atoms with Crippen LogP contribution in [0.15, 0.2) is 0 Å². The van der Waals surface area contributed by atoms with Crippen LogP contribution in [0.1, 0.15) is 20.3 Å². The van der Waals surface area contributed by atoms with Gasteiger partial charge in [-0.05, 0) is 13.3 Å². The Morgan fingerprint density at radius 3 is 2.75 bits per heavy atom. The van der Waals surface area contributed by atoms with Crippen molar-refractivity contribution in [3.8, 4) is 0 Å². The van der Waals surface area contributed by atoms with E-state index in [1.54, 1.807) is 11.8 Å².